The Morgan fingerprint density at radius 2 is 2.17 bits per heavy atom. The van der Waals surface area contributed by atoms with Crippen LogP contribution in [0.25, 0.3) is 0 Å². The summed E-state index contributed by atoms with van der Waals surface area (Å²) in [6.45, 7) is 6.52. The molecule has 0 aliphatic heterocycles. The van der Waals surface area contributed by atoms with E-state index >= 15 is 0 Å². The fourth-order valence-electron chi connectivity index (χ4n) is 3.44. The van der Waals surface area contributed by atoms with Crippen molar-refractivity contribution in [2.24, 2.45) is 0 Å². The van der Waals surface area contributed by atoms with E-state index in [1.54, 1.807) is 7.11 Å². The van der Waals surface area contributed by atoms with Crippen LogP contribution >= 0.6 is 0 Å². The SMILES string of the molecule is CCOc1ccc(CN[C@@H]2CCCc3c2cnn3CC)cc1OC. The average molecular weight is 329 g/mol. The van der Waals surface area contributed by atoms with E-state index in [9.17, 15) is 0 Å². The number of methoxy groups -OCH3 is 1. The number of nitrogens with zero attached hydrogens (tertiary/aromatic N) is 2. The van der Waals surface area contributed by atoms with Crippen LogP contribution in [0.3, 0.4) is 0 Å². The first-order valence-corrected chi connectivity index (χ1v) is 8.84. The maximum atomic E-state index is 5.58. The van der Waals surface area contributed by atoms with E-state index in [1.165, 1.54) is 23.2 Å². The molecule has 1 N–H and O–H groups in total. The Hall–Kier alpha value is -2.01. The largest absolute Gasteiger partial charge is 0.493 e. The van der Waals surface area contributed by atoms with Crippen LogP contribution in [-0.4, -0.2) is 23.5 Å². The van der Waals surface area contributed by atoms with E-state index in [1.807, 2.05) is 19.2 Å². The zero-order chi connectivity index (χ0) is 16.9. The molecular formula is C19H27N3O2. The van der Waals surface area contributed by atoms with E-state index in [0.717, 1.165) is 37.4 Å². The van der Waals surface area contributed by atoms with Crippen LogP contribution < -0.4 is 14.8 Å². The van der Waals surface area contributed by atoms with Gasteiger partial charge in [-0.3, -0.25) is 4.68 Å². The molecule has 0 saturated carbocycles. The molecule has 0 fully saturated rings. The van der Waals surface area contributed by atoms with Gasteiger partial charge in [-0.2, -0.15) is 5.10 Å². The fraction of sp³-hybridized carbons (Fsp3) is 0.526. The van der Waals surface area contributed by atoms with Crippen LogP contribution in [0.15, 0.2) is 24.4 Å². The minimum absolute atomic E-state index is 0.381. The van der Waals surface area contributed by atoms with Gasteiger partial charge in [0.05, 0.1) is 19.9 Å². The summed E-state index contributed by atoms with van der Waals surface area (Å²) >= 11 is 0. The number of fused-ring (bicyclic) bond motifs is 1. The number of aromatic nitrogens is 2. The molecule has 0 unspecified atom stereocenters. The third kappa shape index (κ3) is 3.41. The predicted octanol–water partition coefficient (Wildman–Crippen LogP) is 3.48. The molecule has 0 spiro atoms. The standard InChI is InChI=1S/C19H27N3O2/c1-4-22-17-8-6-7-16(15(17)13-21-22)20-12-14-9-10-18(24-5-2)19(11-14)23-3/h9-11,13,16,20H,4-8,12H2,1-3H3/t16-/m1/s1. The molecule has 1 aliphatic rings. The fourth-order valence-corrected chi connectivity index (χ4v) is 3.44. The van der Waals surface area contributed by atoms with Crippen molar-refractivity contribution >= 4 is 0 Å². The minimum atomic E-state index is 0.381. The average Bonchev–Trinajstić information content (AvgIpc) is 3.04. The minimum Gasteiger partial charge on any atom is -0.493 e. The third-order valence-electron chi connectivity index (χ3n) is 4.64. The first-order chi connectivity index (χ1) is 11.8. The first-order valence-electron chi connectivity index (χ1n) is 8.84. The first kappa shape index (κ1) is 16.8. The lowest BCUT2D eigenvalue weighted by Crippen LogP contribution is -2.25. The highest BCUT2D eigenvalue weighted by atomic mass is 16.5. The Bertz CT molecular complexity index is 681. The summed E-state index contributed by atoms with van der Waals surface area (Å²) in [4.78, 5) is 0. The van der Waals surface area contributed by atoms with E-state index in [0.29, 0.717) is 12.6 Å². The summed E-state index contributed by atoms with van der Waals surface area (Å²) < 4.78 is 13.1. The summed E-state index contributed by atoms with van der Waals surface area (Å²) in [5, 5.41) is 8.21. The van der Waals surface area contributed by atoms with E-state index in [4.69, 9.17) is 9.47 Å². The summed E-state index contributed by atoms with van der Waals surface area (Å²) in [5.74, 6) is 1.59. The third-order valence-corrected chi connectivity index (χ3v) is 4.64. The number of rotatable bonds is 7. The monoisotopic (exact) mass is 329 g/mol. The Morgan fingerprint density at radius 3 is 2.92 bits per heavy atom. The van der Waals surface area contributed by atoms with Crippen molar-refractivity contribution in [2.75, 3.05) is 13.7 Å². The molecule has 1 heterocycles. The highest BCUT2D eigenvalue weighted by Gasteiger charge is 2.23. The molecule has 1 atom stereocenters. The Morgan fingerprint density at radius 1 is 1.29 bits per heavy atom. The number of benzene rings is 1. The van der Waals surface area contributed by atoms with Crippen LogP contribution in [-0.2, 0) is 19.5 Å². The molecule has 1 aromatic heterocycles. The molecule has 5 heteroatoms. The van der Waals surface area contributed by atoms with E-state index in [-0.39, 0.29) is 0 Å². The van der Waals surface area contributed by atoms with Crippen molar-refractivity contribution in [3.63, 3.8) is 0 Å². The maximum absolute atomic E-state index is 5.58. The molecule has 24 heavy (non-hydrogen) atoms. The van der Waals surface area contributed by atoms with Crippen LogP contribution in [0.5, 0.6) is 11.5 Å². The molecular weight excluding hydrogens is 302 g/mol. The lowest BCUT2D eigenvalue weighted by molar-refractivity contribution is 0.310. The van der Waals surface area contributed by atoms with Crippen LogP contribution in [0.2, 0.25) is 0 Å². The topological polar surface area (TPSA) is 48.3 Å². The highest BCUT2D eigenvalue weighted by molar-refractivity contribution is 5.43. The van der Waals surface area contributed by atoms with Gasteiger partial charge in [-0.05, 0) is 50.8 Å². The molecule has 1 aromatic carbocycles. The van der Waals surface area contributed by atoms with Gasteiger partial charge >= 0.3 is 0 Å². The smallest absolute Gasteiger partial charge is 0.161 e. The van der Waals surface area contributed by atoms with Gasteiger partial charge in [0.2, 0.25) is 0 Å². The Labute approximate surface area is 144 Å². The number of hydrogen-bond acceptors (Lipinski definition) is 4. The highest BCUT2D eigenvalue weighted by Crippen LogP contribution is 2.31. The molecule has 0 bridgehead atoms. The van der Waals surface area contributed by atoms with Gasteiger partial charge in [0.25, 0.3) is 0 Å². The van der Waals surface area contributed by atoms with Crippen molar-refractivity contribution in [1.82, 2.24) is 15.1 Å². The molecule has 0 radical (unpaired) electrons. The second-order valence-electron chi connectivity index (χ2n) is 6.11. The molecule has 0 saturated heterocycles. The molecule has 1 aliphatic carbocycles. The van der Waals surface area contributed by atoms with Crippen molar-refractivity contribution in [2.45, 2.75) is 52.2 Å². The summed E-state index contributed by atoms with van der Waals surface area (Å²) in [7, 11) is 1.68. The second-order valence-corrected chi connectivity index (χ2v) is 6.11. The molecule has 130 valence electrons. The quantitative estimate of drug-likeness (QED) is 0.845. The molecule has 5 nitrogen and oxygen atoms in total. The summed E-state index contributed by atoms with van der Waals surface area (Å²) in [6, 6.07) is 6.52. The Balaban J connectivity index is 1.69. The van der Waals surface area contributed by atoms with E-state index in [2.05, 4.69) is 34.2 Å². The number of aryl methyl sites for hydroxylation is 1. The van der Waals surface area contributed by atoms with Crippen LogP contribution in [0.1, 0.15) is 49.6 Å². The van der Waals surface area contributed by atoms with Gasteiger partial charge in [-0.15, -0.1) is 0 Å². The zero-order valence-electron chi connectivity index (χ0n) is 14.8. The predicted molar refractivity (Wildman–Crippen MR) is 94.6 cm³/mol. The van der Waals surface area contributed by atoms with Crippen molar-refractivity contribution in [3.8, 4) is 11.5 Å². The lowest BCUT2D eigenvalue weighted by Gasteiger charge is -2.24. The zero-order valence-corrected chi connectivity index (χ0v) is 14.8. The van der Waals surface area contributed by atoms with Gasteiger partial charge in [-0.1, -0.05) is 6.07 Å². The van der Waals surface area contributed by atoms with Crippen molar-refractivity contribution in [1.29, 1.82) is 0 Å². The number of ether oxygens (including phenoxy) is 2. The number of nitrogens with one attached hydrogen (secondary N) is 1. The normalized spacial score (nSPS) is 16.7. The summed E-state index contributed by atoms with van der Waals surface area (Å²) in [5.41, 5.74) is 3.96. The van der Waals surface area contributed by atoms with Gasteiger partial charge in [0.15, 0.2) is 11.5 Å². The van der Waals surface area contributed by atoms with Gasteiger partial charge in [-0.25, -0.2) is 0 Å². The maximum Gasteiger partial charge on any atom is 0.161 e. The Kier molecular flexibility index (Phi) is 5.41. The lowest BCUT2D eigenvalue weighted by atomic mass is 9.93. The van der Waals surface area contributed by atoms with E-state index < -0.39 is 0 Å². The number of hydrogen-bond donors (Lipinski definition) is 1. The summed E-state index contributed by atoms with van der Waals surface area (Å²) in [6.07, 6.45) is 5.55. The van der Waals surface area contributed by atoms with Crippen LogP contribution in [0, 0.1) is 0 Å². The van der Waals surface area contributed by atoms with Gasteiger partial charge in [0.1, 0.15) is 0 Å². The van der Waals surface area contributed by atoms with Gasteiger partial charge in [0, 0.05) is 30.4 Å². The molecule has 3 rings (SSSR count). The van der Waals surface area contributed by atoms with Crippen molar-refractivity contribution in [3.05, 3.63) is 41.2 Å². The molecule has 2 aromatic rings. The van der Waals surface area contributed by atoms with Crippen molar-refractivity contribution < 1.29 is 9.47 Å². The molecule has 0 amide bonds. The van der Waals surface area contributed by atoms with Crippen LogP contribution in [0.4, 0.5) is 0 Å². The van der Waals surface area contributed by atoms with Gasteiger partial charge < -0.3 is 14.8 Å². The second kappa shape index (κ2) is 7.71.